The monoisotopic (exact) mass is 440 g/mol. The highest BCUT2D eigenvalue weighted by Gasteiger charge is 2.31. The van der Waals surface area contributed by atoms with Crippen molar-refractivity contribution in [2.45, 2.75) is 50.7 Å². The summed E-state index contributed by atoms with van der Waals surface area (Å²) in [6, 6.07) is 13.3. The third-order valence-corrected chi connectivity index (χ3v) is 6.59. The molecule has 0 radical (unpaired) electrons. The van der Waals surface area contributed by atoms with Gasteiger partial charge in [-0.1, -0.05) is 30.3 Å². The molecule has 0 aromatic heterocycles. The van der Waals surface area contributed by atoms with Crippen molar-refractivity contribution in [1.82, 2.24) is 4.90 Å². The van der Waals surface area contributed by atoms with Gasteiger partial charge in [0.05, 0.1) is 13.2 Å². The van der Waals surface area contributed by atoms with Crippen LogP contribution in [0, 0.1) is 0 Å². The molecule has 6 nitrogen and oxygen atoms in total. The van der Waals surface area contributed by atoms with Gasteiger partial charge < -0.3 is 14.4 Å². The number of nitrogens with two attached hydrogens (primary N) is 1. The molecular formula is C24H28N2O4S. The topological polar surface area (TPSA) is 81.9 Å². The number of hydrogen-bond acceptors (Lipinski definition) is 6. The minimum Gasteiger partial charge on any atom is -0.493 e. The molecule has 31 heavy (non-hydrogen) atoms. The fraction of sp³-hybridized carbons (Fsp3) is 0.417. The summed E-state index contributed by atoms with van der Waals surface area (Å²) in [5.41, 5.74) is 2.66. The number of likely N-dealkylation sites (tertiary alicyclic amines) is 1. The number of amides is 1. The van der Waals surface area contributed by atoms with Crippen LogP contribution in [0.3, 0.4) is 0 Å². The van der Waals surface area contributed by atoms with E-state index in [1.807, 2.05) is 35.2 Å². The van der Waals surface area contributed by atoms with Gasteiger partial charge in [0.15, 0.2) is 11.5 Å². The first-order valence-corrected chi connectivity index (χ1v) is 11.6. The highest BCUT2D eigenvalue weighted by Crippen LogP contribution is 2.37. The van der Waals surface area contributed by atoms with Crippen LogP contribution in [0.15, 0.2) is 42.5 Å². The quantitative estimate of drug-likeness (QED) is 0.647. The van der Waals surface area contributed by atoms with Crippen molar-refractivity contribution in [3.8, 4) is 11.5 Å². The van der Waals surface area contributed by atoms with Crippen molar-refractivity contribution in [2.24, 2.45) is 5.14 Å². The predicted molar refractivity (Wildman–Crippen MR) is 121 cm³/mol. The van der Waals surface area contributed by atoms with Crippen molar-refractivity contribution >= 4 is 23.0 Å². The number of rotatable bonds is 7. The van der Waals surface area contributed by atoms with Crippen LogP contribution in [0.5, 0.6) is 11.5 Å². The zero-order valence-electron chi connectivity index (χ0n) is 17.7. The summed E-state index contributed by atoms with van der Waals surface area (Å²) in [6.07, 6.45) is 5.31. The first-order chi connectivity index (χ1) is 15.1. The molecule has 1 atom stereocenters. The summed E-state index contributed by atoms with van der Waals surface area (Å²) >= 11 is 0.706. The van der Waals surface area contributed by atoms with Crippen LogP contribution < -0.4 is 14.6 Å². The van der Waals surface area contributed by atoms with Gasteiger partial charge in [-0.05, 0) is 60.9 Å². The summed E-state index contributed by atoms with van der Waals surface area (Å²) in [5.74, 6) is 1.77. The zero-order valence-corrected chi connectivity index (χ0v) is 18.5. The van der Waals surface area contributed by atoms with Crippen LogP contribution in [-0.2, 0) is 11.3 Å². The minimum absolute atomic E-state index is 0.124. The van der Waals surface area contributed by atoms with Crippen LogP contribution in [0.4, 0.5) is 0 Å². The van der Waals surface area contributed by atoms with Crippen LogP contribution >= 0.6 is 11.9 Å². The molecule has 1 saturated carbocycles. The Kier molecular flexibility index (Phi) is 6.83. The van der Waals surface area contributed by atoms with Gasteiger partial charge in [0, 0.05) is 31.0 Å². The predicted octanol–water partition coefficient (Wildman–Crippen LogP) is 4.28. The Bertz CT molecular complexity index is 941. The summed E-state index contributed by atoms with van der Waals surface area (Å²) in [6.45, 7) is 1.19. The molecule has 2 aliphatic rings. The van der Waals surface area contributed by atoms with Gasteiger partial charge in [0.1, 0.15) is 0 Å². The number of ether oxygens (including phenoxy) is 2. The SMILES string of the molecule is COc1ccc(C2CC(=O)N(Cc3ccc(C(=O)SN)cc3)C2)cc1OC1CCCC1. The van der Waals surface area contributed by atoms with E-state index in [4.69, 9.17) is 14.6 Å². The van der Waals surface area contributed by atoms with E-state index >= 15 is 0 Å². The summed E-state index contributed by atoms with van der Waals surface area (Å²) in [4.78, 5) is 26.2. The van der Waals surface area contributed by atoms with E-state index in [1.165, 1.54) is 12.8 Å². The lowest BCUT2D eigenvalue weighted by atomic mass is 9.98. The number of carbonyl (C=O) groups is 2. The fourth-order valence-electron chi connectivity index (χ4n) is 4.41. The van der Waals surface area contributed by atoms with E-state index in [-0.39, 0.29) is 23.0 Å². The lowest BCUT2D eigenvalue weighted by Gasteiger charge is -2.19. The van der Waals surface area contributed by atoms with Crippen LogP contribution in [0.1, 0.15) is 59.5 Å². The Hall–Kier alpha value is -2.51. The fourth-order valence-corrected chi connectivity index (χ4v) is 4.68. The van der Waals surface area contributed by atoms with Gasteiger partial charge in [0.25, 0.3) is 0 Å². The van der Waals surface area contributed by atoms with Gasteiger partial charge in [-0.2, -0.15) is 0 Å². The second-order valence-corrected chi connectivity index (χ2v) is 8.82. The average Bonchev–Trinajstić information content (AvgIpc) is 3.43. The highest BCUT2D eigenvalue weighted by molar-refractivity contribution is 8.12. The largest absolute Gasteiger partial charge is 0.493 e. The van der Waals surface area contributed by atoms with Gasteiger partial charge in [0.2, 0.25) is 11.0 Å². The maximum atomic E-state index is 12.7. The second kappa shape index (κ2) is 9.75. The maximum Gasteiger partial charge on any atom is 0.233 e. The Balaban J connectivity index is 1.44. The van der Waals surface area contributed by atoms with Gasteiger partial charge >= 0.3 is 0 Å². The van der Waals surface area contributed by atoms with E-state index < -0.39 is 0 Å². The van der Waals surface area contributed by atoms with Crippen molar-refractivity contribution in [1.29, 1.82) is 0 Å². The molecule has 1 amide bonds. The van der Waals surface area contributed by atoms with Crippen molar-refractivity contribution < 1.29 is 19.1 Å². The molecule has 164 valence electrons. The maximum absolute atomic E-state index is 12.7. The van der Waals surface area contributed by atoms with Gasteiger partial charge in [-0.25, -0.2) is 0 Å². The molecule has 2 N–H and O–H groups in total. The Morgan fingerprint density at radius 2 is 1.87 bits per heavy atom. The third-order valence-electron chi connectivity index (χ3n) is 6.14. The Labute approximate surface area is 187 Å². The van der Waals surface area contributed by atoms with Crippen LogP contribution in [0.25, 0.3) is 0 Å². The van der Waals surface area contributed by atoms with E-state index in [0.717, 1.165) is 35.5 Å². The Morgan fingerprint density at radius 1 is 1.13 bits per heavy atom. The number of hydrogen-bond donors (Lipinski definition) is 1. The first kappa shape index (κ1) is 21.7. The first-order valence-electron chi connectivity index (χ1n) is 10.7. The summed E-state index contributed by atoms with van der Waals surface area (Å²) < 4.78 is 11.7. The smallest absolute Gasteiger partial charge is 0.233 e. The molecule has 4 rings (SSSR count). The zero-order chi connectivity index (χ0) is 21.8. The van der Waals surface area contributed by atoms with Gasteiger partial charge in [-0.3, -0.25) is 14.7 Å². The number of methoxy groups -OCH3 is 1. The molecule has 2 aromatic carbocycles. The molecule has 1 aliphatic carbocycles. The van der Waals surface area contributed by atoms with Crippen LogP contribution in [0.2, 0.25) is 0 Å². The highest BCUT2D eigenvalue weighted by atomic mass is 32.2. The minimum atomic E-state index is -0.168. The van der Waals surface area contributed by atoms with E-state index in [9.17, 15) is 9.59 Å². The molecular weight excluding hydrogens is 412 g/mol. The molecule has 2 fully saturated rings. The van der Waals surface area contributed by atoms with Gasteiger partial charge in [-0.15, -0.1) is 0 Å². The molecule has 1 saturated heterocycles. The molecule has 1 unspecified atom stereocenters. The standard InChI is InChI=1S/C24H28N2O4S/c1-29-21-11-10-18(12-22(21)30-20-4-2-3-5-20)19-13-23(27)26(15-19)14-16-6-8-17(9-7-16)24(28)31-25/h6-12,19-20H,2-5,13-15,25H2,1H3. The lowest BCUT2D eigenvalue weighted by molar-refractivity contribution is -0.128. The third kappa shape index (κ3) is 5.05. The number of nitrogens with zero attached hydrogens (tertiary/aromatic N) is 1. The molecule has 1 heterocycles. The van der Waals surface area contributed by atoms with E-state index in [1.54, 1.807) is 19.2 Å². The van der Waals surface area contributed by atoms with Crippen molar-refractivity contribution in [3.05, 3.63) is 59.2 Å². The average molecular weight is 441 g/mol. The molecule has 2 aromatic rings. The van der Waals surface area contributed by atoms with E-state index in [0.29, 0.717) is 37.0 Å². The lowest BCUT2D eigenvalue weighted by Crippen LogP contribution is -2.24. The second-order valence-electron chi connectivity index (χ2n) is 8.21. The van der Waals surface area contributed by atoms with Crippen molar-refractivity contribution in [3.63, 3.8) is 0 Å². The summed E-state index contributed by atoms with van der Waals surface area (Å²) in [7, 11) is 1.66. The molecule has 0 bridgehead atoms. The molecule has 1 aliphatic heterocycles. The number of carbonyl (C=O) groups excluding carboxylic acids is 2. The molecule has 7 heteroatoms. The number of benzene rings is 2. The van der Waals surface area contributed by atoms with Crippen molar-refractivity contribution in [2.75, 3.05) is 13.7 Å². The molecule has 0 spiro atoms. The Morgan fingerprint density at radius 3 is 2.55 bits per heavy atom. The van der Waals surface area contributed by atoms with Crippen LogP contribution in [-0.4, -0.2) is 35.7 Å². The normalized spacial score (nSPS) is 19.1. The summed E-state index contributed by atoms with van der Waals surface area (Å²) in [5, 5.41) is 5.17. The van der Waals surface area contributed by atoms with E-state index in [2.05, 4.69) is 0 Å².